The number of aromatic nitrogens is 1. The molecule has 4 amide bonds. The number of hydrogen-bond acceptors (Lipinski definition) is 4. The lowest BCUT2D eigenvalue weighted by Crippen LogP contribution is -2.39. The van der Waals surface area contributed by atoms with E-state index < -0.39 is 12.1 Å². The molecule has 2 aliphatic heterocycles. The van der Waals surface area contributed by atoms with Crippen molar-refractivity contribution in [2.75, 3.05) is 6.54 Å². The number of likely N-dealkylation sites (tertiary alicyclic amines) is 1. The fourth-order valence-electron chi connectivity index (χ4n) is 4.25. The predicted molar refractivity (Wildman–Crippen MR) is 111 cm³/mol. The van der Waals surface area contributed by atoms with Crippen molar-refractivity contribution in [2.24, 2.45) is 0 Å². The molecule has 2 saturated heterocycles. The average Bonchev–Trinajstić information content (AvgIpc) is 3.06. The van der Waals surface area contributed by atoms with Gasteiger partial charge < -0.3 is 10.2 Å². The van der Waals surface area contributed by atoms with Crippen molar-refractivity contribution in [1.82, 2.24) is 20.1 Å². The summed E-state index contributed by atoms with van der Waals surface area (Å²) < 4.78 is 0. The van der Waals surface area contributed by atoms with Gasteiger partial charge in [-0.05, 0) is 42.9 Å². The maximum absolute atomic E-state index is 13.0. The van der Waals surface area contributed by atoms with E-state index in [1.807, 2.05) is 53.6 Å². The van der Waals surface area contributed by atoms with Crippen LogP contribution in [-0.4, -0.2) is 45.2 Å². The Morgan fingerprint density at radius 1 is 1.10 bits per heavy atom. The lowest BCUT2D eigenvalue weighted by Gasteiger charge is -2.36. The van der Waals surface area contributed by atoms with Crippen molar-refractivity contribution < 1.29 is 14.4 Å². The third-order valence-corrected chi connectivity index (χ3v) is 5.83. The van der Waals surface area contributed by atoms with E-state index in [-0.39, 0.29) is 30.8 Å². The maximum atomic E-state index is 13.0. The highest BCUT2D eigenvalue weighted by Crippen LogP contribution is 2.31. The van der Waals surface area contributed by atoms with Crippen LogP contribution in [0.4, 0.5) is 4.79 Å². The van der Waals surface area contributed by atoms with E-state index >= 15 is 0 Å². The Kier molecular flexibility index (Phi) is 6.07. The first-order valence-electron chi connectivity index (χ1n) is 10.5. The van der Waals surface area contributed by atoms with E-state index in [2.05, 4.69) is 10.3 Å². The second-order valence-corrected chi connectivity index (χ2v) is 7.84. The van der Waals surface area contributed by atoms with Gasteiger partial charge in [-0.25, -0.2) is 4.79 Å². The fraction of sp³-hybridized carbons (Fsp3) is 0.391. The van der Waals surface area contributed by atoms with Gasteiger partial charge in [0.15, 0.2) is 0 Å². The van der Waals surface area contributed by atoms with Gasteiger partial charge in [0.2, 0.25) is 5.91 Å². The zero-order chi connectivity index (χ0) is 20.9. The maximum Gasteiger partial charge on any atom is 0.325 e. The summed E-state index contributed by atoms with van der Waals surface area (Å²) in [6.07, 6.45) is 7.06. The number of nitrogens with one attached hydrogen (secondary N) is 1. The molecule has 0 radical (unpaired) electrons. The summed E-state index contributed by atoms with van der Waals surface area (Å²) >= 11 is 0. The standard InChI is InChI=1S/C23H26N4O3/c28-21(26-14-5-4-10-20(26)18-9-6-13-24-15-18)12-11-19-22(29)27(23(30)25-19)16-17-7-2-1-3-8-17/h1-3,6-9,13,15,19-20H,4-5,10-12,14,16H2,(H,25,30)/t19-,20-/m0/s1. The molecule has 1 aromatic heterocycles. The molecule has 7 nitrogen and oxygen atoms in total. The van der Waals surface area contributed by atoms with Gasteiger partial charge in [0.25, 0.3) is 5.91 Å². The molecule has 4 rings (SSSR count). The van der Waals surface area contributed by atoms with E-state index in [1.165, 1.54) is 4.90 Å². The number of piperidine rings is 1. The van der Waals surface area contributed by atoms with Crippen LogP contribution in [0.25, 0.3) is 0 Å². The molecule has 0 bridgehead atoms. The first kappa shape index (κ1) is 20.1. The van der Waals surface area contributed by atoms with Crippen molar-refractivity contribution in [3.8, 4) is 0 Å². The number of imide groups is 1. The Morgan fingerprint density at radius 2 is 1.93 bits per heavy atom. The molecule has 0 spiro atoms. The number of benzene rings is 1. The largest absolute Gasteiger partial charge is 0.336 e. The molecule has 3 heterocycles. The summed E-state index contributed by atoms with van der Waals surface area (Å²) in [6, 6.07) is 12.3. The van der Waals surface area contributed by atoms with Crippen LogP contribution in [0, 0.1) is 0 Å². The monoisotopic (exact) mass is 406 g/mol. The van der Waals surface area contributed by atoms with Gasteiger partial charge in [-0.2, -0.15) is 0 Å². The molecule has 2 atom stereocenters. The average molecular weight is 406 g/mol. The van der Waals surface area contributed by atoms with Crippen molar-refractivity contribution in [3.63, 3.8) is 0 Å². The second-order valence-electron chi connectivity index (χ2n) is 7.84. The van der Waals surface area contributed by atoms with Gasteiger partial charge >= 0.3 is 6.03 Å². The van der Waals surface area contributed by atoms with Crippen LogP contribution >= 0.6 is 0 Å². The van der Waals surface area contributed by atoms with Gasteiger partial charge in [-0.3, -0.25) is 19.5 Å². The molecule has 0 unspecified atom stereocenters. The molecule has 2 aromatic rings. The molecule has 1 aromatic carbocycles. The van der Waals surface area contributed by atoms with Crippen LogP contribution in [-0.2, 0) is 16.1 Å². The quantitative estimate of drug-likeness (QED) is 0.748. The van der Waals surface area contributed by atoms with E-state index in [1.54, 1.807) is 6.20 Å². The fourth-order valence-corrected chi connectivity index (χ4v) is 4.25. The molecular weight excluding hydrogens is 380 g/mol. The first-order chi connectivity index (χ1) is 14.6. The van der Waals surface area contributed by atoms with Gasteiger partial charge in [-0.1, -0.05) is 36.4 Å². The summed E-state index contributed by atoms with van der Waals surface area (Å²) in [5.74, 6) is -0.244. The normalized spacial score (nSPS) is 21.6. The summed E-state index contributed by atoms with van der Waals surface area (Å²) in [7, 11) is 0. The summed E-state index contributed by atoms with van der Waals surface area (Å²) in [5, 5.41) is 2.73. The molecular formula is C23H26N4O3. The molecule has 7 heteroatoms. The lowest BCUT2D eigenvalue weighted by molar-refractivity contribution is -0.135. The van der Waals surface area contributed by atoms with Crippen LogP contribution in [0.2, 0.25) is 0 Å². The molecule has 2 aliphatic rings. The Labute approximate surface area is 176 Å². The Balaban J connectivity index is 1.36. The number of nitrogens with zero attached hydrogens (tertiary/aromatic N) is 3. The smallest absolute Gasteiger partial charge is 0.325 e. The Morgan fingerprint density at radius 3 is 2.70 bits per heavy atom. The highest BCUT2D eigenvalue weighted by Gasteiger charge is 2.38. The van der Waals surface area contributed by atoms with Gasteiger partial charge in [0, 0.05) is 25.4 Å². The minimum Gasteiger partial charge on any atom is -0.336 e. The van der Waals surface area contributed by atoms with Gasteiger partial charge in [0.1, 0.15) is 6.04 Å². The molecule has 30 heavy (non-hydrogen) atoms. The summed E-state index contributed by atoms with van der Waals surface area (Å²) in [4.78, 5) is 45.3. The minimum absolute atomic E-state index is 0.0205. The zero-order valence-electron chi connectivity index (χ0n) is 16.9. The number of amides is 4. The lowest BCUT2D eigenvalue weighted by atomic mass is 9.95. The Hall–Kier alpha value is -3.22. The number of urea groups is 1. The topological polar surface area (TPSA) is 82.6 Å². The molecule has 2 fully saturated rings. The molecule has 0 aliphatic carbocycles. The first-order valence-corrected chi connectivity index (χ1v) is 10.5. The van der Waals surface area contributed by atoms with Crippen molar-refractivity contribution in [2.45, 2.75) is 50.7 Å². The van der Waals surface area contributed by atoms with Crippen LogP contribution in [0.5, 0.6) is 0 Å². The SMILES string of the molecule is O=C1N[C@@H](CCC(=O)N2CCCC[C@H]2c2cccnc2)C(=O)N1Cc1ccccc1. The number of carbonyl (C=O) groups excluding carboxylic acids is 3. The van der Waals surface area contributed by atoms with Crippen LogP contribution in [0.3, 0.4) is 0 Å². The third-order valence-electron chi connectivity index (χ3n) is 5.83. The second kappa shape index (κ2) is 9.07. The minimum atomic E-state index is -0.646. The van der Waals surface area contributed by atoms with Crippen LogP contribution < -0.4 is 5.32 Å². The van der Waals surface area contributed by atoms with Crippen LogP contribution in [0.1, 0.15) is 49.3 Å². The van der Waals surface area contributed by atoms with Crippen molar-refractivity contribution in [1.29, 1.82) is 0 Å². The Bertz CT molecular complexity index is 903. The highest BCUT2D eigenvalue weighted by atomic mass is 16.2. The summed E-state index contributed by atoms with van der Waals surface area (Å²) in [5.41, 5.74) is 1.94. The number of carbonyl (C=O) groups is 3. The summed E-state index contributed by atoms with van der Waals surface area (Å²) in [6.45, 7) is 0.953. The number of rotatable bonds is 6. The number of pyridine rings is 1. The predicted octanol–water partition coefficient (Wildman–Crippen LogP) is 3.04. The van der Waals surface area contributed by atoms with Gasteiger partial charge in [-0.15, -0.1) is 0 Å². The van der Waals surface area contributed by atoms with E-state index in [0.717, 1.165) is 30.4 Å². The van der Waals surface area contributed by atoms with Gasteiger partial charge in [0.05, 0.1) is 12.6 Å². The van der Waals surface area contributed by atoms with Crippen LogP contribution in [0.15, 0.2) is 54.9 Å². The van der Waals surface area contributed by atoms with E-state index in [0.29, 0.717) is 13.0 Å². The molecule has 0 saturated carbocycles. The van der Waals surface area contributed by atoms with Crippen molar-refractivity contribution >= 4 is 17.8 Å². The highest BCUT2D eigenvalue weighted by molar-refractivity contribution is 6.04. The zero-order valence-corrected chi connectivity index (χ0v) is 16.9. The van der Waals surface area contributed by atoms with Crippen molar-refractivity contribution in [3.05, 3.63) is 66.0 Å². The number of hydrogen-bond donors (Lipinski definition) is 1. The third kappa shape index (κ3) is 4.35. The molecule has 156 valence electrons. The van der Waals surface area contributed by atoms with E-state index in [9.17, 15) is 14.4 Å². The molecule has 1 N–H and O–H groups in total. The van der Waals surface area contributed by atoms with E-state index in [4.69, 9.17) is 0 Å².